The summed E-state index contributed by atoms with van der Waals surface area (Å²) in [5.41, 5.74) is 0. The summed E-state index contributed by atoms with van der Waals surface area (Å²) in [6.45, 7) is 2.31. The number of amides is 2. The van der Waals surface area contributed by atoms with Crippen molar-refractivity contribution in [2.45, 2.75) is 51.0 Å². The van der Waals surface area contributed by atoms with Crippen LogP contribution in [0.1, 0.15) is 44.9 Å². The Morgan fingerprint density at radius 2 is 1.52 bits per heavy atom. The predicted octanol–water partition coefficient (Wildman–Crippen LogP) is 1.01. The summed E-state index contributed by atoms with van der Waals surface area (Å²) >= 11 is 0. The molecule has 0 bridgehead atoms. The number of carbonyl (C=O) groups excluding carboxylic acids is 2. The molecular formula is C16H26N2O3. The molecule has 2 heterocycles. The van der Waals surface area contributed by atoms with Crippen LogP contribution in [0.2, 0.25) is 0 Å². The Morgan fingerprint density at radius 1 is 0.857 bits per heavy atom. The SMILES string of the molecule is O=C(C1CC1)N1CCC(C(=O)N2CCCCC2CO)CC1. The van der Waals surface area contributed by atoms with Gasteiger partial charge in [-0.25, -0.2) is 0 Å². The van der Waals surface area contributed by atoms with Crippen LogP contribution in [0.25, 0.3) is 0 Å². The van der Waals surface area contributed by atoms with Crippen LogP contribution in [0.15, 0.2) is 0 Å². The summed E-state index contributed by atoms with van der Waals surface area (Å²) in [7, 11) is 0. The summed E-state index contributed by atoms with van der Waals surface area (Å²) in [4.78, 5) is 28.5. The van der Waals surface area contributed by atoms with Gasteiger partial charge >= 0.3 is 0 Å². The van der Waals surface area contributed by atoms with Crippen LogP contribution in [0.4, 0.5) is 0 Å². The molecule has 1 N–H and O–H groups in total. The van der Waals surface area contributed by atoms with E-state index < -0.39 is 0 Å². The van der Waals surface area contributed by atoms with Crippen LogP contribution < -0.4 is 0 Å². The Kier molecular flexibility index (Phi) is 4.48. The van der Waals surface area contributed by atoms with Crippen molar-refractivity contribution < 1.29 is 14.7 Å². The third-order valence-corrected chi connectivity index (χ3v) is 5.20. The summed E-state index contributed by atoms with van der Waals surface area (Å²) in [5, 5.41) is 9.44. The van der Waals surface area contributed by atoms with Crippen molar-refractivity contribution >= 4 is 11.8 Å². The molecule has 2 amide bonds. The minimum Gasteiger partial charge on any atom is -0.394 e. The molecule has 21 heavy (non-hydrogen) atoms. The number of carbonyl (C=O) groups is 2. The van der Waals surface area contributed by atoms with Gasteiger partial charge in [-0.1, -0.05) is 0 Å². The Balaban J connectivity index is 1.53. The van der Waals surface area contributed by atoms with Crippen LogP contribution in [-0.4, -0.2) is 59.0 Å². The van der Waals surface area contributed by atoms with Crippen molar-refractivity contribution in [2.24, 2.45) is 11.8 Å². The molecule has 1 saturated carbocycles. The zero-order chi connectivity index (χ0) is 14.8. The van der Waals surface area contributed by atoms with Gasteiger partial charge in [0.05, 0.1) is 12.6 Å². The molecule has 0 aromatic carbocycles. The predicted molar refractivity (Wildman–Crippen MR) is 78.5 cm³/mol. The number of hydrogen-bond donors (Lipinski definition) is 1. The van der Waals surface area contributed by atoms with E-state index in [2.05, 4.69) is 0 Å². The average molecular weight is 294 g/mol. The summed E-state index contributed by atoms with van der Waals surface area (Å²) in [6, 6.07) is 0.0115. The molecule has 2 saturated heterocycles. The second kappa shape index (κ2) is 6.34. The lowest BCUT2D eigenvalue weighted by molar-refractivity contribution is -0.144. The second-order valence-corrected chi connectivity index (χ2v) is 6.74. The van der Waals surface area contributed by atoms with Gasteiger partial charge in [-0.05, 0) is 44.9 Å². The topological polar surface area (TPSA) is 60.9 Å². The van der Waals surface area contributed by atoms with Gasteiger partial charge in [0.2, 0.25) is 11.8 Å². The van der Waals surface area contributed by atoms with Gasteiger partial charge in [0.25, 0.3) is 0 Å². The second-order valence-electron chi connectivity index (χ2n) is 6.74. The van der Waals surface area contributed by atoms with Gasteiger partial charge in [-0.2, -0.15) is 0 Å². The van der Waals surface area contributed by atoms with Gasteiger partial charge in [0.15, 0.2) is 0 Å². The van der Waals surface area contributed by atoms with Crippen molar-refractivity contribution in [3.8, 4) is 0 Å². The van der Waals surface area contributed by atoms with Crippen molar-refractivity contribution in [3.63, 3.8) is 0 Å². The molecule has 2 aliphatic heterocycles. The van der Waals surface area contributed by atoms with Gasteiger partial charge in [-0.15, -0.1) is 0 Å². The number of nitrogens with zero attached hydrogens (tertiary/aromatic N) is 2. The van der Waals surface area contributed by atoms with Crippen LogP contribution in [0, 0.1) is 11.8 Å². The lowest BCUT2D eigenvalue weighted by Crippen LogP contribution is -2.50. The molecule has 3 aliphatic rings. The quantitative estimate of drug-likeness (QED) is 0.845. The van der Waals surface area contributed by atoms with E-state index in [1.54, 1.807) is 0 Å². The van der Waals surface area contributed by atoms with E-state index in [4.69, 9.17) is 0 Å². The molecule has 118 valence electrons. The summed E-state index contributed by atoms with van der Waals surface area (Å²) < 4.78 is 0. The maximum atomic E-state index is 12.7. The number of aliphatic hydroxyl groups excluding tert-OH is 1. The molecule has 3 rings (SSSR count). The molecule has 1 aliphatic carbocycles. The highest BCUT2D eigenvalue weighted by molar-refractivity contribution is 5.82. The van der Waals surface area contributed by atoms with E-state index in [-0.39, 0.29) is 30.4 Å². The van der Waals surface area contributed by atoms with E-state index in [0.717, 1.165) is 64.6 Å². The molecule has 1 unspecified atom stereocenters. The van der Waals surface area contributed by atoms with Crippen LogP contribution in [0.3, 0.4) is 0 Å². The fraction of sp³-hybridized carbons (Fsp3) is 0.875. The first-order valence-corrected chi connectivity index (χ1v) is 8.41. The van der Waals surface area contributed by atoms with Gasteiger partial charge in [0.1, 0.15) is 0 Å². The highest BCUT2D eigenvalue weighted by Crippen LogP contribution is 2.33. The molecule has 0 aromatic rings. The van der Waals surface area contributed by atoms with Crippen LogP contribution in [0.5, 0.6) is 0 Å². The van der Waals surface area contributed by atoms with Crippen LogP contribution in [-0.2, 0) is 9.59 Å². The van der Waals surface area contributed by atoms with E-state index in [9.17, 15) is 14.7 Å². The molecule has 0 aromatic heterocycles. The van der Waals surface area contributed by atoms with Gasteiger partial charge in [0, 0.05) is 31.5 Å². The lowest BCUT2D eigenvalue weighted by Gasteiger charge is -2.39. The first kappa shape index (κ1) is 14.8. The zero-order valence-electron chi connectivity index (χ0n) is 12.7. The van der Waals surface area contributed by atoms with Crippen molar-refractivity contribution in [1.82, 2.24) is 9.80 Å². The Labute approximate surface area is 126 Å². The fourth-order valence-electron chi connectivity index (χ4n) is 3.65. The molecule has 5 heteroatoms. The first-order chi connectivity index (χ1) is 10.2. The van der Waals surface area contributed by atoms with Gasteiger partial charge < -0.3 is 14.9 Å². The molecule has 3 fully saturated rings. The van der Waals surface area contributed by atoms with E-state index >= 15 is 0 Å². The largest absolute Gasteiger partial charge is 0.394 e. The molecule has 5 nitrogen and oxygen atoms in total. The third kappa shape index (κ3) is 3.23. The number of rotatable bonds is 3. The Hall–Kier alpha value is -1.10. The lowest BCUT2D eigenvalue weighted by atomic mass is 9.92. The number of aliphatic hydroxyl groups is 1. The van der Waals surface area contributed by atoms with Crippen molar-refractivity contribution in [3.05, 3.63) is 0 Å². The molecular weight excluding hydrogens is 268 g/mol. The third-order valence-electron chi connectivity index (χ3n) is 5.20. The Bertz CT molecular complexity index is 400. The fourth-order valence-corrected chi connectivity index (χ4v) is 3.65. The molecule has 0 radical (unpaired) electrons. The minimum atomic E-state index is 0.0115. The van der Waals surface area contributed by atoms with E-state index in [1.807, 2.05) is 9.80 Å². The monoisotopic (exact) mass is 294 g/mol. The highest BCUT2D eigenvalue weighted by Gasteiger charge is 2.37. The first-order valence-electron chi connectivity index (χ1n) is 8.41. The molecule has 1 atom stereocenters. The van der Waals surface area contributed by atoms with Crippen molar-refractivity contribution in [2.75, 3.05) is 26.2 Å². The number of likely N-dealkylation sites (tertiary alicyclic amines) is 2. The van der Waals surface area contributed by atoms with Crippen LogP contribution >= 0.6 is 0 Å². The number of hydrogen-bond acceptors (Lipinski definition) is 3. The summed E-state index contributed by atoms with van der Waals surface area (Å²) in [5.74, 6) is 0.817. The Morgan fingerprint density at radius 3 is 2.14 bits per heavy atom. The standard InChI is InChI=1S/C16H26N2O3/c19-11-14-3-1-2-8-18(14)16(21)13-6-9-17(10-7-13)15(20)12-4-5-12/h12-14,19H,1-11H2. The zero-order valence-corrected chi connectivity index (χ0v) is 12.7. The van der Waals surface area contributed by atoms with E-state index in [0.29, 0.717) is 5.91 Å². The maximum absolute atomic E-state index is 12.7. The average Bonchev–Trinajstić information content (AvgIpc) is 3.38. The maximum Gasteiger partial charge on any atom is 0.226 e. The van der Waals surface area contributed by atoms with E-state index in [1.165, 1.54) is 0 Å². The summed E-state index contributed by atoms with van der Waals surface area (Å²) in [6.07, 6.45) is 6.72. The molecule has 0 spiro atoms. The normalized spacial score (nSPS) is 27.8. The minimum absolute atomic E-state index is 0.0115. The highest BCUT2D eigenvalue weighted by atomic mass is 16.3. The van der Waals surface area contributed by atoms with Crippen molar-refractivity contribution in [1.29, 1.82) is 0 Å². The number of piperidine rings is 2. The smallest absolute Gasteiger partial charge is 0.226 e. The van der Waals surface area contributed by atoms with Gasteiger partial charge in [-0.3, -0.25) is 9.59 Å².